The third-order valence-electron chi connectivity index (χ3n) is 4.42. The average Bonchev–Trinajstić information content (AvgIpc) is 3.44. The average molecular weight is 377 g/mol. The van der Waals surface area contributed by atoms with Crippen molar-refractivity contribution in [2.24, 2.45) is 0 Å². The number of unbranched alkanes of at least 4 members (excludes halogenated alkanes) is 1. The summed E-state index contributed by atoms with van der Waals surface area (Å²) in [6.45, 7) is 2.84. The second kappa shape index (κ2) is 7.48. The van der Waals surface area contributed by atoms with Crippen LogP contribution >= 0.6 is 0 Å². The number of aromatic amines is 1. The van der Waals surface area contributed by atoms with Crippen LogP contribution in [0.4, 0.5) is 0 Å². The Bertz CT molecular complexity index is 1180. The Morgan fingerprint density at radius 3 is 2.79 bits per heavy atom. The summed E-state index contributed by atoms with van der Waals surface area (Å²) in [7, 11) is 0. The predicted molar refractivity (Wildman–Crippen MR) is 101 cm³/mol. The molecule has 0 amide bonds. The number of hydrogen-bond donors (Lipinski definition) is 2. The number of aromatic nitrogens is 3. The van der Waals surface area contributed by atoms with Gasteiger partial charge < -0.3 is 18.6 Å². The van der Waals surface area contributed by atoms with Crippen LogP contribution in [0.3, 0.4) is 0 Å². The van der Waals surface area contributed by atoms with Gasteiger partial charge in [-0.15, -0.1) is 0 Å². The van der Waals surface area contributed by atoms with Crippen LogP contribution in [0, 0.1) is 16.7 Å². The molecule has 0 radical (unpaired) electrons. The van der Waals surface area contributed by atoms with Gasteiger partial charge in [0.1, 0.15) is 28.5 Å². The molecular weight excluding hydrogens is 358 g/mol. The van der Waals surface area contributed by atoms with Crippen LogP contribution in [0.25, 0.3) is 22.6 Å². The van der Waals surface area contributed by atoms with E-state index >= 15 is 0 Å². The highest BCUT2D eigenvalue weighted by molar-refractivity contribution is 5.85. The van der Waals surface area contributed by atoms with Gasteiger partial charge in [0.2, 0.25) is 5.88 Å². The quantitative estimate of drug-likeness (QED) is 0.475. The summed E-state index contributed by atoms with van der Waals surface area (Å²) in [6, 6.07) is 9.30. The number of furan rings is 2. The highest BCUT2D eigenvalue weighted by Crippen LogP contribution is 2.27. The first-order valence-corrected chi connectivity index (χ1v) is 9.03. The van der Waals surface area contributed by atoms with Crippen molar-refractivity contribution in [3.05, 3.63) is 53.6 Å². The van der Waals surface area contributed by atoms with E-state index in [1.54, 1.807) is 35.3 Å². The smallest absolute Gasteiger partial charge is 0.211 e. The van der Waals surface area contributed by atoms with Gasteiger partial charge in [-0.25, -0.2) is 4.98 Å². The SMILES string of the molecule is CCCCOc1[nH]c2nc(-c3ccco3)n(Cc3ccco3)c(=N)c2c1C#N. The fraction of sp³-hybridized carbons (Fsp3) is 0.250. The van der Waals surface area contributed by atoms with Gasteiger partial charge in [0.15, 0.2) is 11.6 Å². The summed E-state index contributed by atoms with van der Waals surface area (Å²) in [5, 5.41) is 18.9. The number of fused-ring (bicyclic) bond motifs is 1. The van der Waals surface area contributed by atoms with Crippen molar-refractivity contribution < 1.29 is 13.6 Å². The van der Waals surface area contributed by atoms with Crippen LogP contribution in [-0.4, -0.2) is 21.1 Å². The molecule has 0 saturated heterocycles. The Kier molecular flexibility index (Phi) is 4.72. The molecule has 0 bridgehead atoms. The normalized spacial score (nSPS) is 11.0. The van der Waals surface area contributed by atoms with Crippen molar-refractivity contribution >= 4 is 11.0 Å². The molecule has 0 aromatic carbocycles. The van der Waals surface area contributed by atoms with Gasteiger partial charge in [0.05, 0.1) is 31.1 Å². The zero-order chi connectivity index (χ0) is 19.5. The van der Waals surface area contributed by atoms with Crippen LogP contribution in [0.5, 0.6) is 5.88 Å². The maximum atomic E-state index is 9.68. The summed E-state index contributed by atoms with van der Waals surface area (Å²) in [4.78, 5) is 7.69. The van der Waals surface area contributed by atoms with Crippen molar-refractivity contribution in [3.63, 3.8) is 0 Å². The fourth-order valence-electron chi connectivity index (χ4n) is 3.03. The predicted octanol–water partition coefficient (Wildman–Crippen LogP) is 3.80. The van der Waals surface area contributed by atoms with Gasteiger partial charge in [-0.1, -0.05) is 13.3 Å². The number of nitrogens with one attached hydrogen (secondary N) is 2. The third kappa shape index (κ3) is 3.07. The lowest BCUT2D eigenvalue weighted by molar-refractivity contribution is 0.299. The molecule has 0 unspecified atom stereocenters. The molecule has 4 aromatic heterocycles. The minimum absolute atomic E-state index is 0.131. The lowest BCUT2D eigenvalue weighted by Crippen LogP contribution is -2.24. The molecule has 8 heteroatoms. The molecule has 0 fully saturated rings. The summed E-state index contributed by atoms with van der Waals surface area (Å²) in [5.74, 6) is 1.99. The second-order valence-electron chi connectivity index (χ2n) is 6.29. The van der Waals surface area contributed by atoms with Gasteiger partial charge in [-0.3, -0.25) is 9.98 Å². The van der Waals surface area contributed by atoms with Crippen molar-refractivity contribution in [3.8, 4) is 23.5 Å². The van der Waals surface area contributed by atoms with Gasteiger partial charge in [-0.2, -0.15) is 5.26 Å². The Morgan fingerprint density at radius 2 is 2.11 bits per heavy atom. The molecule has 4 heterocycles. The molecule has 8 nitrogen and oxygen atoms in total. The van der Waals surface area contributed by atoms with Crippen LogP contribution < -0.4 is 10.2 Å². The Morgan fingerprint density at radius 1 is 1.29 bits per heavy atom. The minimum Gasteiger partial charge on any atom is -0.478 e. The van der Waals surface area contributed by atoms with Crippen molar-refractivity contribution in [2.75, 3.05) is 6.61 Å². The summed E-state index contributed by atoms with van der Waals surface area (Å²) in [5.41, 5.74) is 0.823. The Hall–Kier alpha value is -3.73. The Labute approximate surface area is 160 Å². The largest absolute Gasteiger partial charge is 0.478 e. The maximum absolute atomic E-state index is 9.68. The first-order valence-electron chi connectivity index (χ1n) is 9.03. The molecule has 0 aliphatic heterocycles. The number of hydrogen-bond acceptors (Lipinski definition) is 6. The van der Waals surface area contributed by atoms with E-state index in [-0.39, 0.29) is 17.6 Å². The van der Waals surface area contributed by atoms with Crippen molar-refractivity contribution in [1.82, 2.24) is 14.5 Å². The fourth-order valence-corrected chi connectivity index (χ4v) is 3.03. The molecule has 28 heavy (non-hydrogen) atoms. The van der Waals surface area contributed by atoms with Crippen LogP contribution in [-0.2, 0) is 6.54 Å². The van der Waals surface area contributed by atoms with E-state index in [1.807, 2.05) is 6.07 Å². The molecular formula is C20H19N5O3. The minimum atomic E-state index is 0.131. The molecule has 0 atom stereocenters. The molecule has 4 rings (SSSR count). The highest BCUT2D eigenvalue weighted by Gasteiger charge is 2.21. The van der Waals surface area contributed by atoms with Gasteiger partial charge in [-0.05, 0) is 30.7 Å². The number of nitrogens with zero attached hydrogens (tertiary/aromatic N) is 3. The van der Waals surface area contributed by atoms with E-state index < -0.39 is 0 Å². The zero-order valence-electron chi connectivity index (χ0n) is 15.4. The summed E-state index contributed by atoms with van der Waals surface area (Å²) < 4.78 is 18.4. The number of rotatable bonds is 7. The van der Waals surface area contributed by atoms with Crippen molar-refractivity contribution in [2.45, 2.75) is 26.3 Å². The number of ether oxygens (including phenoxy) is 1. The van der Waals surface area contributed by atoms with E-state index in [0.29, 0.717) is 40.9 Å². The summed E-state index contributed by atoms with van der Waals surface area (Å²) >= 11 is 0. The van der Waals surface area contributed by atoms with Crippen LogP contribution in [0.1, 0.15) is 31.1 Å². The highest BCUT2D eigenvalue weighted by atomic mass is 16.5. The number of H-pyrrole nitrogens is 1. The van der Waals surface area contributed by atoms with Crippen LogP contribution in [0.15, 0.2) is 45.6 Å². The van der Waals surface area contributed by atoms with E-state index in [2.05, 4.69) is 23.0 Å². The first kappa shape index (κ1) is 17.7. The maximum Gasteiger partial charge on any atom is 0.211 e. The van der Waals surface area contributed by atoms with E-state index in [4.69, 9.17) is 19.0 Å². The van der Waals surface area contributed by atoms with Gasteiger partial charge in [0, 0.05) is 0 Å². The third-order valence-corrected chi connectivity index (χ3v) is 4.42. The molecule has 0 aliphatic carbocycles. The Balaban J connectivity index is 1.92. The topological polar surface area (TPSA) is 117 Å². The first-order chi connectivity index (χ1) is 13.7. The lowest BCUT2D eigenvalue weighted by Gasteiger charge is -2.11. The van der Waals surface area contributed by atoms with Gasteiger partial charge >= 0.3 is 0 Å². The van der Waals surface area contributed by atoms with E-state index in [9.17, 15) is 5.26 Å². The van der Waals surface area contributed by atoms with Crippen molar-refractivity contribution in [1.29, 1.82) is 10.7 Å². The molecule has 4 aromatic rings. The lowest BCUT2D eigenvalue weighted by atomic mass is 10.2. The van der Waals surface area contributed by atoms with Gasteiger partial charge in [0.25, 0.3) is 0 Å². The molecule has 0 spiro atoms. The molecule has 0 saturated carbocycles. The van der Waals surface area contributed by atoms with Crippen LogP contribution in [0.2, 0.25) is 0 Å². The summed E-state index contributed by atoms with van der Waals surface area (Å²) in [6.07, 6.45) is 4.98. The monoisotopic (exact) mass is 377 g/mol. The molecule has 142 valence electrons. The standard InChI is InChI=1S/C20H19N5O3/c1-2-3-8-28-20-14(11-21)16-17(22)25(12-13-6-4-9-26-13)19(23-18(16)24-20)15-7-5-10-27-15/h4-7,9-10,22,24H,2-3,8,12H2,1H3. The second-order valence-corrected chi connectivity index (χ2v) is 6.29. The molecule has 0 aliphatic rings. The van der Waals surface area contributed by atoms with E-state index in [1.165, 1.54) is 0 Å². The van der Waals surface area contributed by atoms with E-state index in [0.717, 1.165) is 12.8 Å². The zero-order valence-corrected chi connectivity index (χ0v) is 15.4. The molecule has 2 N–H and O–H groups in total. The number of nitriles is 1.